The molecule has 10 aromatic carbocycles. The number of fused-ring (bicyclic) bond motifs is 24. The normalized spacial score (nSPS) is 12.5. The lowest BCUT2D eigenvalue weighted by molar-refractivity contribution is 1.32. The van der Waals surface area contributed by atoms with Crippen LogP contribution in [0.3, 0.4) is 0 Å². The van der Waals surface area contributed by atoms with Gasteiger partial charge in [-0.15, -0.1) is 0 Å². The second-order valence-electron chi connectivity index (χ2n) is 15.7. The zero-order valence-electron chi connectivity index (χ0n) is 31.1. The summed E-state index contributed by atoms with van der Waals surface area (Å²) in [5, 5.41) is 17.0. The number of hydrogen-bond donors (Lipinski definition) is 0. The van der Waals surface area contributed by atoms with Gasteiger partial charge in [-0.2, -0.15) is 0 Å². The molecule has 4 heterocycles. The van der Waals surface area contributed by atoms with Crippen LogP contribution in [-0.2, 0) is 0 Å². The van der Waals surface area contributed by atoms with Gasteiger partial charge in [0.05, 0.1) is 33.1 Å². The van der Waals surface area contributed by atoms with Crippen LogP contribution < -0.4 is 0 Å². The molecular weight excluding hydrogens is 705 g/mol. The lowest BCUT2D eigenvalue weighted by atomic mass is 9.91. The lowest BCUT2D eigenvalue weighted by Crippen LogP contribution is -1.95. The molecule has 0 fully saturated rings. The van der Waals surface area contributed by atoms with Gasteiger partial charge in [-0.25, -0.2) is 9.97 Å². The van der Waals surface area contributed by atoms with Gasteiger partial charge in [0.1, 0.15) is 11.3 Å². The van der Waals surface area contributed by atoms with E-state index in [1.165, 1.54) is 86.5 Å². The molecule has 266 valence electrons. The van der Waals surface area contributed by atoms with Crippen LogP contribution in [0.1, 0.15) is 0 Å². The maximum Gasteiger partial charge on any atom is 0.147 e. The third kappa shape index (κ3) is 3.84. The highest BCUT2D eigenvalue weighted by atomic mass is 15.0. The molecule has 4 nitrogen and oxygen atoms in total. The Balaban J connectivity index is 1.15. The maximum absolute atomic E-state index is 5.45. The van der Waals surface area contributed by atoms with E-state index in [4.69, 9.17) is 9.97 Å². The number of benzene rings is 10. The molecule has 0 unspecified atom stereocenters. The third-order valence-corrected chi connectivity index (χ3v) is 12.8. The zero-order valence-corrected chi connectivity index (χ0v) is 31.1. The Bertz CT molecular complexity index is 4150. The zero-order chi connectivity index (χ0) is 37.6. The van der Waals surface area contributed by atoms with Crippen molar-refractivity contribution >= 4 is 120 Å². The molecule has 0 aliphatic rings. The second kappa shape index (κ2) is 10.9. The smallest absolute Gasteiger partial charge is 0.147 e. The van der Waals surface area contributed by atoms with Gasteiger partial charge in [-0.05, 0) is 96.0 Å². The average molecular weight is 735 g/mol. The van der Waals surface area contributed by atoms with Crippen molar-refractivity contribution in [1.29, 1.82) is 0 Å². The van der Waals surface area contributed by atoms with Crippen LogP contribution in [0.4, 0.5) is 0 Å². The lowest BCUT2D eigenvalue weighted by Gasteiger charge is -2.16. The highest BCUT2D eigenvalue weighted by molar-refractivity contribution is 6.30. The molecule has 0 radical (unpaired) electrons. The quantitative estimate of drug-likeness (QED) is 0.157. The molecule has 0 amide bonds. The minimum atomic E-state index is 0.978. The largest absolute Gasteiger partial charge is 0.292 e. The SMILES string of the molecule is c1ccc2c(c1)ccc1c2c2ccc3ccccc3c2c2nc3ccc(-c4cc5c6ccc7ccccc7c6n6c7ccccc7nc6c5c5ccccc45)cc3n12. The summed E-state index contributed by atoms with van der Waals surface area (Å²) in [4.78, 5) is 10.8. The van der Waals surface area contributed by atoms with E-state index in [-0.39, 0.29) is 0 Å². The summed E-state index contributed by atoms with van der Waals surface area (Å²) in [6.45, 7) is 0. The van der Waals surface area contributed by atoms with Gasteiger partial charge >= 0.3 is 0 Å². The van der Waals surface area contributed by atoms with Crippen molar-refractivity contribution in [3.8, 4) is 11.1 Å². The maximum atomic E-state index is 5.45. The van der Waals surface area contributed by atoms with Gasteiger partial charge in [0.15, 0.2) is 0 Å². The van der Waals surface area contributed by atoms with Crippen LogP contribution >= 0.6 is 0 Å². The molecule has 14 rings (SSSR count). The Labute approximate surface area is 330 Å². The van der Waals surface area contributed by atoms with Gasteiger partial charge in [0.2, 0.25) is 0 Å². The number of pyridine rings is 2. The molecule has 0 spiro atoms. The number of hydrogen-bond acceptors (Lipinski definition) is 2. The molecule has 0 aliphatic carbocycles. The van der Waals surface area contributed by atoms with Gasteiger partial charge in [0, 0.05) is 26.9 Å². The predicted octanol–water partition coefficient (Wildman–Crippen LogP) is 14.2. The number of rotatable bonds is 1. The molecular formula is C54H30N4. The first-order chi connectivity index (χ1) is 28.8. The van der Waals surface area contributed by atoms with Crippen molar-refractivity contribution < 1.29 is 0 Å². The molecule has 0 atom stereocenters. The molecule has 0 aliphatic heterocycles. The minimum Gasteiger partial charge on any atom is -0.292 e. The number of aromatic nitrogens is 4. The van der Waals surface area contributed by atoms with E-state index in [2.05, 4.69) is 191 Å². The monoisotopic (exact) mass is 734 g/mol. The Kier molecular flexibility index (Phi) is 5.73. The van der Waals surface area contributed by atoms with E-state index in [0.29, 0.717) is 0 Å². The van der Waals surface area contributed by atoms with Crippen LogP contribution in [-0.4, -0.2) is 18.8 Å². The topological polar surface area (TPSA) is 34.6 Å². The molecule has 0 saturated heterocycles. The highest BCUT2D eigenvalue weighted by Gasteiger charge is 2.22. The van der Waals surface area contributed by atoms with Crippen molar-refractivity contribution in [1.82, 2.24) is 18.8 Å². The van der Waals surface area contributed by atoms with Gasteiger partial charge in [-0.1, -0.05) is 146 Å². The summed E-state index contributed by atoms with van der Waals surface area (Å²) >= 11 is 0. The van der Waals surface area contributed by atoms with Gasteiger partial charge < -0.3 is 0 Å². The Morgan fingerprint density at radius 3 is 1.67 bits per heavy atom. The van der Waals surface area contributed by atoms with Crippen LogP contribution in [0.2, 0.25) is 0 Å². The standard InChI is InChI=1S/C54H30N4/c1-4-14-35-32(12-1)24-28-47-49(35)41-26-22-31-11-2-5-15-36(31)50(41)53-56-45-27-23-34(29-48(45)57(47)53)42-30-43-40-25-21-33-13-3-6-16-37(33)52(40)58-46-20-10-9-19-44(46)55-54(58)51(43)39-18-8-7-17-38(39)42/h1-30H. The van der Waals surface area contributed by atoms with E-state index < -0.39 is 0 Å². The fourth-order valence-corrected chi connectivity index (χ4v) is 10.3. The van der Waals surface area contributed by atoms with Crippen molar-refractivity contribution in [2.45, 2.75) is 0 Å². The third-order valence-electron chi connectivity index (χ3n) is 12.8. The van der Waals surface area contributed by atoms with Crippen LogP contribution in [0, 0.1) is 0 Å². The van der Waals surface area contributed by atoms with Gasteiger partial charge in [0.25, 0.3) is 0 Å². The van der Waals surface area contributed by atoms with Crippen molar-refractivity contribution in [3.63, 3.8) is 0 Å². The number of nitrogens with zero attached hydrogens (tertiary/aromatic N) is 4. The summed E-state index contributed by atoms with van der Waals surface area (Å²) in [5.74, 6) is 0. The summed E-state index contributed by atoms with van der Waals surface area (Å²) in [6.07, 6.45) is 0. The van der Waals surface area contributed by atoms with Crippen molar-refractivity contribution in [3.05, 3.63) is 182 Å². The predicted molar refractivity (Wildman–Crippen MR) is 244 cm³/mol. The first-order valence-electron chi connectivity index (χ1n) is 19.9. The summed E-state index contributed by atoms with van der Waals surface area (Å²) in [6, 6.07) is 66.5. The minimum absolute atomic E-state index is 0.978. The number of para-hydroxylation sites is 2. The summed E-state index contributed by atoms with van der Waals surface area (Å²) in [7, 11) is 0. The first kappa shape index (κ1) is 30.4. The molecule has 14 aromatic rings. The Morgan fingerprint density at radius 2 is 0.879 bits per heavy atom. The van der Waals surface area contributed by atoms with Crippen LogP contribution in [0.15, 0.2) is 182 Å². The molecule has 0 bridgehead atoms. The van der Waals surface area contributed by atoms with E-state index in [0.717, 1.165) is 44.4 Å². The second-order valence-corrected chi connectivity index (χ2v) is 15.7. The van der Waals surface area contributed by atoms with Gasteiger partial charge in [-0.3, -0.25) is 8.80 Å². The van der Waals surface area contributed by atoms with Crippen LogP contribution in [0.5, 0.6) is 0 Å². The first-order valence-corrected chi connectivity index (χ1v) is 19.9. The molecule has 0 saturated carbocycles. The molecule has 4 heteroatoms. The van der Waals surface area contributed by atoms with E-state index in [1.807, 2.05) is 0 Å². The van der Waals surface area contributed by atoms with Crippen molar-refractivity contribution in [2.24, 2.45) is 0 Å². The number of imidazole rings is 2. The van der Waals surface area contributed by atoms with E-state index >= 15 is 0 Å². The Morgan fingerprint density at radius 1 is 0.310 bits per heavy atom. The van der Waals surface area contributed by atoms with Crippen molar-refractivity contribution in [2.75, 3.05) is 0 Å². The Hall–Kier alpha value is -7.82. The van der Waals surface area contributed by atoms with Crippen LogP contribution in [0.25, 0.3) is 131 Å². The average Bonchev–Trinajstić information content (AvgIpc) is 3.87. The fourth-order valence-electron chi connectivity index (χ4n) is 10.3. The fraction of sp³-hybridized carbons (Fsp3) is 0. The summed E-state index contributed by atoms with van der Waals surface area (Å²) < 4.78 is 4.81. The van der Waals surface area contributed by atoms with E-state index in [1.54, 1.807) is 0 Å². The summed E-state index contributed by atoms with van der Waals surface area (Å²) in [5.41, 5.74) is 10.8. The molecule has 0 N–H and O–H groups in total. The highest BCUT2D eigenvalue weighted by Crippen LogP contribution is 2.44. The molecule has 4 aromatic heterocycles. The van der Waals surface area contributed by atoms with E-state index in [9.17, 15) is 0 Å². The molecule has 58 heavy (non-hydrogen) atoms.